The van der Waals surface area contributed by atoms with Crippen LogP contribution in [0.15, 0.2) is 36.5 Å². The lowest BCUT2D eigenvalue weighted by atomic mass is 10.1. The van der Waals surface area contributed by atoms with Gasteiger partial charge in [-0.2, -0.15) is 5.10 Å². The zero-order valence-electron chi connectivity index (χ0n) is 8.97. The van der Waals surface area contributed by atoms with Crippen molar-refractivity contribution in [2.45, 2.75) is 12.5 Å². The number of aryl methyl sites for hydroxylation is 1. The van der Waals surface area contributed by atoms with Crippen LogP contribution in [0, 0.1) is 3.57 Å². The first-order chi connectivity index (χ1) is 7.65. The van der Waals surface area contributed by atoms with Crippen molar-refractivity contribution in [1.82, 2.24) is 9.78 Å². The molecule has 84 valence electrons. The van der Waals surface area contributed by atoms with Crippen LogP contribution in [0.3, 0.4) is 0 Å². The highest BCUT2D eigenvalue weighted by atomic mass is 127. The van der Waals surface area contributed by atoms with E-state index < -0.39 is 6.10 Å². The number of hydrogen-bond donors (Lipinski definition) is 1. The fraction of sp³-hybridized carbons (Fsp3) is 0.250. The molecular formula is C12H13IN2O. The van der Waals surface area contributed by atoms with Gasteiger partial charge in [0.05, 0.1) is 11.8 Å². The van der Waals surface area contributed by atoms with Crippen LogP contribution in [0.5, 0.6) is 0 Å². The van der Waals surface area contributed by atoms with E-state index in [1.54, 1.807) is 4.68 Å². The molecule has 1 heterocycles. The van der Waals surface area contributed by atoms with E-state index in [4.69, 9.17) is 0 Å². The van der Waals surface area contributed by atoms with Gasteiger partial charge in [0.25, 0.3) is 0 Å². The molecule has 16 heavy (non-hydrogen) atoms. The predicted molar refractivity (Wildman–Crippen MR) is 71.0 cm³/mol. The maximum atomic E-state index is 10.0. The largest absolute Gasteiger partial charge is 0.388 e. The van der Waals surface area contributed by atoms with Crippen LogP contribution in [0.2, 0.25) is 0 Å². The van der Waals surface area contributed by atoms with Crippen molar-refractivity contribution < 1.29 is 5.11 Å². The van der Waals surface area contributed by atoms with Gasteiger partial charge in [-0.1, -0.05) is 12.1 Å². The maximum absolute atomic E-state index is 10.0. The van der Waals surface area contributed by atoms with E-state index in [1.807, 2.05) is 43.6 Å². The SMILES string of the molecule is Cn1ccc(CC(O)c2ccc(I)cc2)n1. The Morgan fingerprint density at radius 1 is 1.31 bits per heavy atom. The first-order valence-corrected chi connectivity index (χ1v) is 6.15. The van der Waals surface area contributed by atoms with Gasteiger partial charge in [-0.15, -0.1) is 0 Å². The molecule has 1 unspecified atom stereocenters. The summed E-state index contributed by atoms with van der Waals surface area (Å²) < 4.78 is 2.92. The van der Waals surface area contributed by atoms with Gasteiger partial charge in [-0.3, -0.25) is 4.68 Å². The average molecular weight is 328 g/mol. The lowest BCUT2D eigenvalue weighted by Gasteiger charge is -2.09. The monoisotopic (exact) mass is 328 g/mol. The average Bonchev–Trinajstić information content (AvgIpc) is 2.65. The molecule has 1 aromatic carbocycles. The van der Waals surface area contributed by atoms with Gasteiger partial charge in [0.2, 0.25) is 0 Å². The Morgan fingerprint density at radius 2 is 2.00 bits per heavy atom. The predicted octanol–water partition coefficient (Wildman–Crippen LogP) is 2.30. The molecule has 1 N–H and O–H groups in total. The molecule has 0 fully saturated rings. The van der Waals surface area contributed by atoms with Gasteiger partial charge in [0, 0.05) is 23.2 Å². The highest BCUT2D eigenvalue weighted by Gasteiger charge is 2.09. The normalized spacial score (nSPS) is 12.7. The van der Waals surface area contributed by atoms with Crippen molar-refractivity contribution in [3.05, 3.63) is 51.4 Å². The fourth-order valence-corrected chi connectivity index (χ4v) is 1.93. The summed E-state index contributed by atoms with van der Waals surface area (Å²) in [5.74, 6) is 0. The molecule has 1 aromatic heterocycles. The van der Waals surface area contributed by atoms with Crippen LogP contribution in [-0.4, -0.2) is 14.9 Å². The van der Waals surface area contributed by atoms with Crippen molar-refractivity contribution in [2.75, 3.05) is 0 Å². The second kappa shape index (κ2) is 4.97. The van der Waals surface area contributed by atoms with E-state index in [2.05, 4.69) is 27.7 Å². The summed E-state index contributed by atoms with van der Waals surface area (Å²) in [5.41, 5.74) is 1.85. The minimum Gasteiger partial charge on any atom is -0.388 e. The van der Waals surface area contributed by atoms with Crippen LogP contribution in [0.4, 0.5) is 0 Å². The number of rotatable bonds is 3. The molecule has 3 nitrogen and oxygen atoms in total. The van der Waals surface area contributed by atoms with Crippen LogP contribution in [-0.2, 0) is 13.5 Å². The van der Waals surface area contributed by atoms with Crippen molar-refractivity contribution in [1.29, 1.82) is 0 Å². The lowest BCUT2D eigenvalue weighted by molar-refractivity contribution is 0.177. The molecular weight excluding hydrogens is 315 g/mol. The maximum Gasteiger partial charge on any atom is 0.0846 e. The van der Waals surface area contributed by atoms with Crippen molar-refractivity contribution in [3.8, 4) is 0 Å². The van der Waals surface area contributed by atoms with E-state index >= 15 is 0 Å². The van der Waals surface area contributed by atoms with E-state index in [0.717, 1.165) is 11.3 Å². The number of aromatic nitrogens is 2. The van der Waals surface area contributed by atoms with Crippen molar-refractivity contribution >= 4 is 22.6 Å². The van der Waals surface area contributed by atoms with Crippen molar-refractivity contribution in [3.63, 3.8) is 0 Å². The molecule has 0 aliphatic rings. The number of nitrogens with zero attached hydrogens (tertiary/aromatic N) is 2. The Bertz CT molecular complexity index is 464. The number of halogens is 1. The standard InChI is InChI=1S/C12H13IN2O/c1-15-7-6-11(14-15)8-12(16)9-2-4-10(13)5-3-9/h2-7,12,16H,8H2,1H3. The molecule has 2 rings (SSSR count). The molecule has 0 aliphatic heterocycles. The highest BCUT2D eigenvalue weighted by molar-refractivity contribution is 14.1. The quantitative estimate of drug-likeness (QED) is 0.878. The summed E-state index contributed by atoms with van der Waals surface area (Å²) in [5, 5.41) is 14.3. The molecule has 0 bridgehead atoms. The summed E-state index contributed by atoms with van der Waals surface area (Å²) in [4.78, 5) is 0. The Balaban J connectivity index is 2.08. The van der Waals surface area contributed by atoms with Gasteiger partial charge < -0.3 is 5.11 Å². The smallest absolute Gasteiger partial charge is 0.0846 e. The first-order valence-electron chi connectivity index (χ1n) is 5.07. The minimum atomic E-state index is -0.480. The van der Waals surface area contributed by atoms with E-state index in [0.29, 0.717) is 6.42 Å². The molecule has 0 spiro atoms. The molecule has 0 aliphatic carbocycles. The topological polar surface area (TPSA) is 38.0 Å². The number of aliphatic hydroxyl groups is 1. The highest BCUT2D eigenvalue weighted by Crippen LogP contribution is 2.18. The second-order valence-corrected chi connectivity index (χ2v) is 5.00. The molecule has 4 heteroatoms. The van der Waals surface area contributed by atoms with Gasteiger partial charge in [-0.25, -0.2) is 0 Å². The fourth-order valence-electron chi connectivity index (χ4n) is 1.57. The van der Waals surface area contributed by atoms with E-state index in [-0.39, 0.29) is 0 Å². The molecule has 0 amide bonds. The second-order valence-electron chi connectivity index (χ2n) is 3.75. The van der Waals surface area contributed by atoms with Crippen LogP contribution in [0.25, 0.3) is 0 Å². The van der Waals surface area contributed by atoms with Crippen LogP contribution < -0.4 is 0 Å². The molecule has 0 saturated heterocycles. The molecule has 1 atom stereocenters. The van der Waals surface area contributed by atoms with Crippen molar-refractivity contribution in [2.24, 2.45) is 7.05 Å². The zero-order chi connectivity index (χ0) is 11.5. The summed E-state index contributed by atoms with van der Waals surface area (Å²) in [7, 11) is 1.88. The van der Waals surface area contributed by atoms with E-state index in [9.17, 15) is 5.11 Å². The third-order valence-electron chi connectivity index (χ3n) is 2.43. The third-order valence-corrected chi connectivity index (χ3v) is 3.15. The zero-order valence-corrected chi connectivity index (χ0v) is 11.1. The number of benzene rings is 1. The Kier molecular flexibility index (Phi) is 3.60. The van der Waals surface area contributed by atoms with Gasteiger partial charge >= 0.3 is 0 Å². The lowest BCUT2D eigenvalue weighted by Crippen LogP contribution is -2.03. The number of hydrogen-bond acceptors (Lipinski definition) is 2. The summed E-state index contributed by atoms with van der Waals surface area (Å²) in [6, 6.07) is 9.83. The third kappa shape index (κ3) is 2.82. The number of aliphatic hydroxyl groups excluding tert-OH is 1. The van der Waals surface area contributed by atoms with Gasteiger partial charge in [-0.05, 0) is 46.4 Å². The summed E-state index contributed by atoms with van der Waals surface area (Å²) in [6.07, 6.45) is 1.96. The first kappa shape index (κ1) is 11.6. The Morgan fingerprint density at radius 3 is 2.56 bits per heavy atom. The van der Waals surface area contributed by atoms with E-state index in [1.165, 1.54) is 3.57 Å². The molecule has 2 aromatic rings. The Labute approximate surface area is 108 Å². The minimum absolute atomic E-state index is 0.480. The van der Waals surface area contributed by atoms with Gasteiger partial charge in [0.15, 0.2) is 0 Å². The summed E-state index contributed by atoms with van der Waals surface area (Å²) >= 11 is 2.25. The summed E-state index contributed by atoms with van der Waals surface area (Å²) in [6.45, 7) is 0. The Hall–Kier alpha value is -0.880. The van der Waals surface area contributed by atoms with Gasteiger partial charge in [0.1, 0.15) is 0 Å². The molecule has 0 saturated carbocycles. The molecule has 0 radical (unpaired) electrons. The van der Waals surface area contributed by atoms with Crippen LogP contribution >= 0.6 is 22.6 Å². The van der Waals surface area contributed by atoms with Crippen LogP contribution in [0.1, 0.15) is 17.4 Å².